The van der Waals surface area contributed by atoms with E-state index in [1.54, 1.807) is 19.1 Å². The van der Waals surface area contributed by atoms with Crippen LogP contribution in [0.25, 0.3) is 0 Å². The van der Waals surface area contributed by atoms with Crippen molar-refractivity contribution in [2.75, 3.05) is 37.9 Å². The van der Waals surface area contributed by atoms with Crippen molar-refractivity contribution in [3.8, 4) is 5.75 Å². The molecule has 2 aromatic carbocycles. The highest BCUT2D eigenvalue weighted by atomic mass is 32.2. The summed E-state index contributed by atoms with van der Waals surface area (Å²) in [5, 5.41) is 2.98. The molecule has 1 heterocycles. The van der Waals surface area contributed by atoms with Gasteiger partial charge in [0.15, 0.2) is 9.84 Å². The number of methoxy groups -OCH3 is 1. The van der Waals surface area contributed by atoms with E-state index in [1.807, 2.05) is 12.1 Å². The number of sulfone groups is 1. The Morgan fingerprint density at radius 2 is 1.70 bits per heavy atom. The van der Waals surface area contributed by atoms with Crippen LogP contribution < -0.4 is 19.7 Å². The zero-order chi connectivity index (χ0) is 24.2. The zero-order valence-corrected chi connectivity index (χ0v) is 20.5. The Labute approximate surface area is 195 Å². The molecule has 0 atom stereocenters. The molecule has 1 amide bonds. The molecule has 33 heavy (non-hydrogen) atoms. The normalized spacial score (nSPS) is 15.3. The molecule has 9 nitrogen and oxygen atoms in total. The Morgan fingerprint density at radius 3 is 2.24 bits per heavy atom. The minimum Gasteiger partial charge on any atom is -0.495 e. The van der Waals surface area contributed by atoms with Crippen LogP contribution in [0.1, 0.15) is 30.1 Å². The van der Waals surface area contributed by atoms with Crippen LogP contribution in [-0.4, -0.2) is 61.8 Å². The van der Waals surface area contributed by atoms with Gasteiger partial charge in [0.25, 0.3) is 5.91 Å². The summed E-state index contributed by atoms with van der Waals surface area (Å²) in [6.07, 6.45) is 1.41. The summed E-state index contributed by atoms with van der Waals surface area (Å²) in [6.45, 7) is 3.02. The fraction of sp³-hybridized carbons (Fsp3) is 0.409. The lowest BCUT2D eigenvalue weighted by Crippen LogP contribution is -2.44. The van der Waals surface area contributed by atoms with Gasteiger partial charge in [-0.25, -0.2) is 21.6 Å². The molecule has 1 saturated heterocycles. The van der Waals surface area contributed by atoms with Crippen molar-refractivity contribution in [3.05, 3.63) is 48.0 Å². The third-order valence-corrected chi connectivity index (χ3v) is 8.94. The molecule has 0 bridgehead atoms. The quantitative estimate of drug-likeness (QED) is 0.573. The van der Waals surface area contributed by atoms with E-state index >= 15 is 0 Å². The topological polar surface area (TPSA) is 122 Å². The van der Waals surface area contributed by atoms with Crippen LogP contribution in [-0.2, 0) is 19.9 Å². The Bertz CT molecular complexity index is 1200. The molecule has 3 rings (SSSR count). The highest BCUT2D eigenvalue weighted by molar-refractivity contribution is 7.91. The van der Waals surface area contributed by atoms with Gasteiger partial charge in [0.05, 0.1) is 17.8 Å². The monoisotopic (exact) mass is 495 g/mol. The minimum absolute atomic E-state index is 0.0556. The Balaban J connectivity index is 1.63. The summed E-state index contributed by atoms with van der Waals surface area (Å²) in [6, 6.07) is 11.1. The maximum atomic E-state index is 12.8. The highest BCUT2D eigenvalue weighted by Gasteiger charge is 2.24. The number of amides is 1. The summed E-state index contributed by atoms with van der Waals surface area (Å²) < 4.78 is 55.8. The molecule has 11 heteroatoms. The molecule has 0 unspecified atom stereocenters. The first kappa shape index (κ1) is 25.0. The van der Waals surface area contributed by atoms with E-state index in [1.165, 1.54) is 32.4 Å². The lowest BCUT2D eigenvalue weighted by atomic mass is 10.0. The van der Waals surface area contributed by atoms with Gasteiger partial charge in [-0.15, -0.1) is 0 Å². The van der Waals surface area contributed by atoms with E-state index in [-0.39, 0.29) is 33.9 Å². The largest absolute Gasteiger partial charge is 0.495 e. The predicted octanol–water partition coefficient (Wildman–Crippen LogP) is 1.80. The van der Waals surface area contributed by atoms with Crippen molar-refractivity contribution >= 4 is 31.5 Å². The van der Waals surface area contributed by atoms with Gasteiger partial charge in [0.1, 0.15) is 10.6 Å². The molecular formula is C22H29N3O6S2. The SMILES string of the molecule is CCS(=O)(=O)c1ccc(N2CCC(NC(=O)c3ccc(OC)c(S(=O)(=O)NC)c3)CC2)cc1. The van der Waals surface area contributed by atoms with Crippen molar-refractivity contribution in [1.29, 1.82) is 0 Å². The van der Waals surface area contributed by atoms with Crippen LogP contribution in [0.2, 0.25) is 0 Å². The van der Waals surface area contributed by atoms with E-state index in [4.69, 9.17) is 4.74 Å². The van der Waals surface area contributed by atoms with Gasteiger partial charge in [0, 0.05) is 30.4 Å². The lowest BCUT2D eigenvalue weighted by molar-refractivity contribution is 0.0931. The van der Waals surface area contributed by atoms with Gasteiger partial charge in [-0.3, -0.25) is 4.79 Å². The number of carbonyl (C=O) groups excluding carboxylic acids is 1. The smallest absolute Gasteiger partial charge is 0.251 e. The molecule has 1 aliphatic rings. The van der Waals surface area contributed by atoms with E-state index in [9.17, 15) is 21.6 Å². The number of hydrogen-bond acceptors (Lipinski definition) is 7. The van der Waals surface area contributed by atoms with Crippen LogP contribution in [0.15, 0.2) is 52.3 Å². The van der Waals surface area contributed by atoms with Crippen LogP contribution in [0, 0.1) is 0 Å². The number of benzene rings is 2. The maximum absolute atomic E-state index is 12.8. The Morgan fingerprint density at radius 1 is 1.06 bits per heavy atom. The van der Waals surface area contributed by atoms with Gasteiger partial charge in [-0.05, 0) is 62.4 Å². The number of sulfonamides is 1. The number of carbonyl (C=O) groups is 1. The summed E-state index contributed by atoms with van der Waals surface area (Å²) in [5.41, 5.74) is 1.17. The van der Waals surface area contributed by atoms with Crippen LogP contribution in [0.3, 0.4) is 0 Å². The molecular weight excluding hydrogens is 466 g/mol. The summed E-state index contributed by atoms with van der Waals surface area (Å²) >= 11 is 0. The molecule has 0 spiro atoms. The molecule has 0 saturated carbocycles. The van der Waals surface area contributed by atoms with E-state index in [0.717, 1.165) is 5.69 Å². The first-order valence-corrected chi connectivity index (χ1v) is 13.7. The second kappa shape index (κ2) is 10.1. The van der Waals surface area contributed by atoms with Gasteiger partial charge in [0.2, 0.25) is 10.0 Å². The molecule has 2 N–H and O–H groups in total. The number of rotatable bonds is 8. The first-order valence-electron chi connectivity index (χ1n) is 10.6. The van der Waals surface area contributed by atoms with Crippen molar-refractivity contribution in [2.45, 2.75) is 35.6 Å². The highest BCUT2D eigenvalue weighted by Crippen LogP contribution is 2.26. The van der Waals surface area contributed by atoms with E-state index in [2.05, 4.69) is 14.9 Å². The van der Waals surface area contributed by atoms with Crippen molar-refractivity contribution in [1.82, 2.24) is 10.0 Å². The number of nitrogens with zero attached hydrogens (tertiary/aromatic N) is 1. The Hall–Kier alpha value is -2.63. The van der Waals surface area contributed by atoms with Crippen molar-refractivity contribution in [3.63, 3.8) is 0 Å². The molecule has 1 fully saturated rings. The number of ether oxygens (including phenoxy) is 1. The van der Waals surface area contributed by atoms with E-state index < -0.39 is 19.9 Å². The molecule has 0 aromatic heterocycles. The minimum atomic E-state index is -3.78. The molecule has 2 aromatic rings. The van der Waals surface area contributed by atoms with Gasteiger partial charge >= 0.3 is 0 Å². The molecule has 0 aliphatic carbocycles. The molecule has 180 valence electrons. The number of piperidine rings is 1. The second-order valence-electron chi connectivity index (χ2n) is 7.71. The standard InChI is InChI=1S/C22H29N3O6S2/c1-4-32(27,28)19-8-6-18(7-9-19)25-13-11-17(12-14-25)24-22(26)16-5-10-20(31-3)21(15-16)33(29,30)23-2/h5-10,15,17,23H,4,11-14H2,1-3H3,(H,24,26). The fourth-order valence-electron chi connectivity index (χ4n) is 3.72. The molecule has 0 radical (unpaired) electrons. The Kier molecular flexibility index (Phi) is 7.65. The third kappa shape index (κ3) is 5.66. The zero-order valence-electron chi connectivity index (χ0n) is 18.9. The van der Waals surface area contributed by atoms with Crippen LogP contribution in [0.4, 0.5) is 5.69 Å². The van der Waals surface area contributed by atoms with E-state index in [0.29, 0.717) is 30.8 Å². The van der Waals surface area contributed by atoms with Gasteiger partial charge in [-0.1, -0.05) is 6.92 Å². The van der Waals surface area contributed by atoms with Gasteiger partial charge in [-0.2, -0.15) is 0 Å². The molecule has 1 aliphatic heterocycles. The third-order valence-electron chi connectivity index (χ3n) is 5.76. The lowest BCUT2D eigenvalue weighted by Gasteiger charge is -2.34. The average Bonchev–Trinajstić information content (AvgIpc) is 2.84. The number of nitrogens with one attached hydrogen (secondary N) is 2. The van der Waals surface area contributed by atoms with Crippen LogP contribution in [0.5, 0.6) is 5.75 Å². The predicted molar refractivity (Wildman–Crippen MR) is 126 cm³/mol. The van der Waals surface area contributed by atoms with Gasteiger partial charge < -0.3 is 15.0 Å². The summed E-state index contributed by atoms with van der Waals surface area (Å²) in [5.74, 6) is -0.127. The van der Waals surface area contributed by atoms with Crippen molar-refractivity contribution < 1.29 is 26.4 Å². The maximum Gasteiger partial charge on any atom is 0.251 e. The average molecular weight is 496 g/mol. The summed E-state index contributed by atoms with van der Waals surface area (Å²) in [4.78, 5) is 15.1. The number of anilines is 1. The first-order chi connectivity index (χ1) is 15.6. The second-order valence-corrected chi connectivity index (χ2v) is 11.8. The number of hydrogen-bond donors (Lipinski definition) is 2. The summed E-state index contributed by atoms with van der Waals surface area (Å²) in [7, 11) is -4.34. The fourth-order valence-corrected chi connectivity index (χ4v) is 5.52. The van der Waals surface area contributed by atoms with Crippen molar-refractivity contribution in [2.24, 2.45) is 0 Å². The van der Waals surface area contributed by atoms with Crippen LogP contribution >= 0.6 is 0 Å².